The van der Waals surface area contributed by atoms with Crippen LogP contribution in [0.25, 0.3) is 0 Å². The summed E-state index contributed by atoms with van der Waals surface area (Å²) in [5.41, 5.74) is 1.68. The molecule has 2 saturated heterocycles. The molecule has 0 aromatic heterocycles. The molecule has 0 spiro atoms. The highest BCUT2D eigenvalue weighted by Gasteiger charge is 2.38. The fraction of sp³-hybridized carbons (Fsp3) is 0.381. The zero-order chi connectivity index (χ0) is 19.7. The SMILES string of the molecule is O=C(Cc1cc(F)cc(Cl)c1)N[C@@H]1C[C@H]2CO[C@@H](c3ccc(Cl)cc3)CN2C1. The second kappa shape index (κ2) is 8.37. The number of amides is 1. The zero-order valence-corrected chi connectivity index (χ0v) is 16.7. The molecule has 2 aromatic carbocycles. The molecule has 7 heteroatoms. The number of nitrogens with zero attached hydrogens (tertiary/aromatic N) is 1. The van der Waals surface area contributed by atoms with Crippen LogP contribution in [0.1, 0.15) is 23.7 Å². The highest BCUT2D eigenvalue weighted by atomic mass is 35.5. The van der Waals surface area contributed by atoms with Crippen LogP contribution < -0.4 is 5.32 Å². The summed E-state index contributed by atoms with van der Waals surface area (Å²) >= 11 is 11.8. The first kappa shape index (κ1) is 19.6. The molecule has 148 valence electrons. The van der Waals surface area contributed by atoms with Gasteiger partial charge in [-0.15, -0.1) is 0 Å². The topological polar surface area (TPSA) is 41.6 Å². The molecule has 2 aliphatic rings. The summed E-state index contributed by atoms with van der Waals surface area (Å²) in [5.74, 6) is -0.555. The molecular formula is C21H21Cl2FN2O2. The minimum Gasteiger partial charge on any atom is -0.371 e. The maximum atomic E-state index is 13.4. The van der Waals surface area contributed by atoms with Crippen LogP contribution >= 0.6 is 23.2 Å². The summed E-state index contributed by atoms with van der Waals surface area (Å²) in [6.45, 7) is 2.21. The Balaban J connectivity index is 1.32. The number of ether oxygens (including phenoxy) is 1. The summed E-state index contributed by atoms with van der Waals surface area (Å²) in [6.07, 6.45) is 0.975. The van der Waals surface area contributed by atoms with E-state index in [9.17, 15) is 9.18 Å². The third kappa shape index (κ3) is 4.66. The van der Waals surface area contributed by atoms with E-state index in [1.54, 1.807) is 6.07 Å². The maximum absolute atomic E-state index is 13.4. The summed E-state index contributed by atoms with van der Waals surface area (Å²) in [4.78, 5) is 14.7. The molecule has 1 N–H and O–H groups in total. The van der Waals surface area contributed by atoms with E-state index >= 15 is 0 Å². The maximum Gasteiger partial charge on any atom is 0.224 e. The normalized spacial score (nSPS) is 24.8. The van der Waals surface area contributed by atoms with Crippen molar-refractivity contribution in [1.82, 2.24) is 10.2 Å². The molecule has 0 radical (unpaired) electrons. The van der Waals surface area contributed by atoms with Crippen molar-refractivity contribution in [2.24, 2.45) is 0 Å². The third-order valence-corrected chi connectivity index (χ3v) is 5.78. The Hall–Kier alpha value is -1.66. The average Bonchev–Trinajstić information content (AvgIpc) is 3.02. The lowest BCUT2D eigenvalue weighted by Crippen LogP contribution is -2.43. The lowest BCUT2D eigenvalue weighted by molar-refractivity contribution is -0.121. The van der Waals surface area contributed by atoms with Crippen LogP contribution in [0.3, 0.4) is 0 Å². The van der Waals surface area contributed by atoms with Crippen molar-refractivity contribution < 1.29 is 13.9 Å². The van der Waals surface area contributed by atoms with Gasteiger partial charge in [0.2, 0.25) is 5.91 Å². The Labute approximate surface area is 173 Å². The van der Waals surface area contributed by atoms with E-state index in [2.05, 4.69) is 10.2 Å². The van der Waals surface area contributed by atoms with E-state index < -0.39 is 5.82 Å². The molecule has 4 nitrogen and oxygen atoms in total. The van der Waals surface area contributed by atoms with Gasteiger partial charge in [0, 0.05) is 35.2 Å². The molecule has 28 heavy (non-hydrogen) atoms. The molecule has 2 fully saturated rings. The molecule has 2 aliphatic heterocycles. The van der Waals surface area contributed by atoms with Crippen LogP contribution in [0, 0.1) is 5.82 Å². The van der Waals surface area contributed by atoms with Crippen LogP contribution in [-0.4, -0.2) is 42.6 Å². The van der Waals surface area contributed by atoms with Gasteiger partial charge in [-0.05, 0) is 47.9 Å². The first-order valence-electron chi connectivity index (χ1n) is 9.32. The molecule has 4 rings (SSSR count). The first-order valence-corrected chi connectivity index (χ1v) is 10.1. The Morgan fingerprint density at radius 2 is 1.93 bits per heavy atom. The van der Waals surface area contributed by atoms with Gasteiger partial charge < -0.3 is 10.1 Å². The Morgan fingerprint density at radius 1 is 1.14 bits per heavy atom. The Bertz CT molecular complexity index is 842. The Morgan fingerprint density at radius 3 is 2.68 bits per heavy atom. The highest BCUT2D eigenvalue weighted by molar-refractivity contribution is 6.30. The number of rotatable bonds is 4. The van der Waals surface area contributed by atoms with Gasteiger partial charge in [-0.1, -0.05) is 35.3 Å². The van der Waals surface area contributed by atoms with Gasteiger partial charge in [0.1, 0.15) is 5.82 Å². The predicted molar refractivity (Wildman–Crippen MR) is 107 cm³/mol. The molecule has 0 saturated carbocycles. The van der Waals surface area contributed by atoms with Crippen molar-refractivity contribution in [3.8, 4) is 0 Å². The second-order valence-electron chi connectivity index (χ2n) is 7.44. The molecule has 1 amide bonds. The number of carbonyl (C=O) groups excluding carboxylic acids is 1. The predicted octanol–water partition coefficient (Wildman–Crippen LogP) is 4.01. The third-order valence-electron chi connectivity index (χ3n) is 5.31. The summed E-state index contributed by atoms with van der Waals surface area (Å²) < 4.78 is 19.5. The minimum absolute atomic E-state index is 0.0115. The number of benzene rings is 2. The van der Waals surface area contributed by atoms with Crippen LogP contribution in [0.2, 0.25) is 10.0 Å². The van der Waals surface area contributed by atoms with Gasteiger partial charge in [-0.25, -0.2) is 4.39 Å². The fourth-order valence-corrected chi connectivity index (χ4v) is 4.41. The number of nitrogens with one attached hydrogen (secondary N) is 1. The zero-order valence-electron chi connectivity index (χ0n) is 15.2. The van der Waals surface area contributed by atoms with E-state index in [4.69, 9.17) is 27.9 Å². The number of hydrogen-bond donors (Lipinski definition) is 1. The highest BCUT2D eigenvalue weighted by Crippen LogP contribution is 2.30. The van der Waals surface area contributed by atoms with Gasteiger partial charge in [-0.3, -0.25) is 9.69 Å². The minimum atomic E-state index is -0.432. The van der Waals surface area contributed by atoms with Crippen molar-refractivity contribution in [3.63, 3.8) is 0 Å². The largest absolute Gasteiger partial charge is 0.371 e. The van der Waals surface area contributed by atoms with Gasteiger partial charge >= 0.3 is 0 Å². The standard InChI is InChI=1S/C21H21Cl2FN2O2/c22-15-3-1-14(2-4-15)20-11-26-10-18(9-19(26)12-28-20)25-21(27)7-13-5-16(23)8-17(24)6-13/h1-6,8,18-20H,7,9-12H2,(H,25,27)/t18-,19+,20-/m1/s1. The molecule has 0 aliphatic carbocycles. The number of hydrogen-bond acceptors (Lipinski definition) is 3. The van der Waals surface area contributed by atoms with E-state index in [1.807, 2.05) is 24.3 Å². The van der Waals surface area contributed by atoms with Crippen LogP contribution in [0.4, 0.5) is 4.39 Å². The quantitative estimate of drug-likeness (QED) is 0.809. The van der Waals surface area contributed by atoms with Crippen molar-refractivity contribution >= 4 is 29.1 Å². The van der Waals surface area contributed by atoms with Crippen molar-refractivity contribution in [2.75, 3.05) is 19.7 Å². The molecule has 0 unspecified atom stereocenters. The van der Waals surface area contributed by atoms with Crippen molar-refractivity contribution in [3.05, 3.63) is 69.5 Å². The molecule has 0 bridgehead atoms. The lowest BCUT2D eigenvalue weighted by Gasteiger charge is -2.35. The number of morpholine rings is 1. The van der Waals surface area contributed by atoms with E-state index in [0.29, 0.717) is 28.3 Å². The fourth-order valence-electron chi connectivity index (χ4n) is 4.03. The first-order chi connectivity index (χ1) is 13.5. The summed E-state index contributed by atoms with van der Waals surface area (Å²) in [5, 5.41) is 4.07. The number of fused-ring (bicyclic) bond motifs is 1. The van der Waals surface area contributed by atoms with Gasteiger partial charge in [0.05, 0.1) is 19.1 Å². The van der Waals surface area contributed by atoms with E-state index in [1.165, 1.54) is 12.1 Å². The molecule has 2 aromatic rings. The smallest absolute Gasteiger partial charge is 0.224 e. The van der Waals surface area contributed by atoms with E-state index in [0.717, 1.165) is 25.1 Å². The van der Waals surface area contributed by atoms with Crippen LogP contribution in [-0.2, 0) is 16.0 Å². The van der Waals surface area contributed by atoms with Gasteiger partial charge in [-0.2, -0.15) is 0 Å². The Kier molecular flexibility index (Phi) is 5.88. The average molecular weight is 423 g/mol. The van der Waals surface area contributed by atoms with Gasteiger partial charge in [0.15, 0.2) is 0 Å². The van der Waals surface area contributed by atoms with Gasteiger partial charge in [0.25, 0.3) is 0 Å². The summed E-state index contributed by atoms with van der Waals surface area (Å²) in [7, 11) is 0. The molecule has 3 atom stereocenters. The van der Waals surface area contributed by atoms with Crippen molar-refractivity contribution in [1.29, 1.82) is 0 Å². The number of halogens is 3. The monoisotopic (exact) mass is 422 g/mol. The number of carbonyl (C=O) groups is 1. The second-order valence-corrected chi connectivity index (χ2v) is 8.31. The van der Waals surface area contributed by atoms with E-state index in [-0.39, 0.29) is 24.5 Å². The lowest BCUT2D eigenvalue weighted by atomic mass is 10.1. The molecular weight excluding hydrogens is 402 g/mol. The molecule has 2 heterocycles. The van der Waals surface area contributed by atoms with Crippen LogP contribution in [0.15, 0.2) is 42.5 Å². The van der Waals surface area contributed by atoms with Crippen LogP contribution in [0.5, 0.6) is 0 Å². The summed E-state index contributed by atoms with van der Waals surface area (Å²) in [6, 6.07) is 12.3. The van der Waals surface area contributed by atoms with Crippen molar-refractivity contribution in [2.45, 2.75) is 31.0 Å².